The number of rotatable bonds is 6. The van der Waals surface area contributed by atoms with E-state index < -0.39 is 0 Å². The van der Waals surface area contributed by atoms with Gasteiger partial charge in [-0.25, -0.2) is 0 Å². The van der Waals surface area contributed by atoms with Crippen LogP contribution in [0.15, 0.2) is 18.2 Å². The summed E-state index contributed by atoms with van der Waals surface area (Å²) >= 11 is 0. The smallest absolute Gasteiger partial charge is 0.0635 e. The fourth-order valence-corrected chi connectivity index (χ4v) is 2.72. The molecule has 0 amide bonds. The summed E-state index contributed by atoms with van der Waals surface area (Å²) in [6, 6.07) is 7.24. The van der Waals surface area contributed by atoms with Gasteiger partial charge in [-0.1, -0.05) is 30.7 Å². The first-order valence-corrected chi connectivity index (χ1v) is 7.79. The molecule has 3 heteroatoms. The molecule has 0 radical (unpaired) electrons. The van der Waals surface area contributed by atoms with Crippen molar-refractivity contribution in [1.82, 2.24) is 10.2 Å². The minimum atomic E-state index is 0.496. The van der Waals surface area contributed by atoms with Crippen LogP contribution in [0.2, 0.25) is 0 Å². The molecule has 1 heterocycles. The molecule has 1 fully saturated rings. The van der Waals surface area contributed by atoms with E-state index in [4.69, 9.17) is 4.74 Å². The van der Waals surface area contributed by atoms with E-state index in [9.17, 15) is 0 Å². The molecule has 1 aromatic rings. The molecular formula is C17H28N2O. The lowest BCUT2D eigenvalue weighted by atomic mass is 10.0. The predicted octanol–water partition coefficient (Wildman–Crippen LogP) is 2.50. The summed E-state index contributed by atoms with van der Waals surface area (Å²) in [5, 5.41) is 3.52. The van der Waals surface area contributed by atoms with Crippen molar-refractivity contribution in [3.63, 3.8) is 0 Å². The molecule has 1 unspecified atom stereocenters. The highest BCUT2D eigenvalue weighted by atomic mass is 16.5. The molecule has 0 spiro atoms. The highest BCUT2D eigenvalue weighted by Gasteiger charge is 2.23. The van der Waals surface area contributed by atoms with Crippen molar-refractivity contribution in [2.45, 2.75) is 39.8 Å². The fourth-order valence-electron chi connectivity index (χ4n) is 2.72. The van der Waals surface area contributed by atoms with Crippen molar-refractivity contribution in [2.75, 3.05) is 32.8 Å². The van der Waals surface area contributed by atoms with Gasteiger partial charge in [0.1, 0.15) is 0 Å². The highest BCUT2D eigenvalue weighted by molar-refractivity contribution is 5.30. The Morgan fingerprint density at radius 1 is 1.35 bits per heavy atom. The van der Waals surface area contributed by atoms with E-state index in [2.05, 4.69) is 49.2 Å². The van der Waals surface area contributed by atoms with Crippen molar-refractivity contribution in [1.29, 1.82) is 0 Å². The Balaban J connectivity index is 1.98. The second-order valence-corrected chi connectivity index (χ2v) is 5.83. The van der Waals surface area contributed by atoms with Crippen LogP contribution < -0.4 is 5.32 Å². The van der Waals surface area contributed by atoms with Crippen LogP contribution in [0.3, 0.4) is 0 Å². The summed E-state index contributed by atoms with van der Waals surface area (Å²) in [5.41, 5.74) is 4.19. The van der Waals surface area contributed by atoms with Crippen LogP contribution in [0.1, 0.15) is 30.0 Å². The van der Waals surface area contributed by atoms with Gasteiger partial charge in [-0.15, -0.1) is 0 Å². The first-order valence-electron chi connectivity index (χ1n) is 7.79. The Bertz CT molecular complexity index is 419. The van der Waals surface area contributed by atoms with E-state index in [-0.39, 0.29) is 0 Å². The molecule has 1 atom stereocenters. The van der Waals surface area contributed by atoms with Crippen molar-refractivity contribution in [3.05, 3.63) is 34.9 Å². The average Bonchev–Trinajstić information content (AvgIpc) is 2.45. The molecule has 0 bridgehead atoms. The quantitative estimate of drug-likeness (QED) is 0.808. The third-order valence-electron chi connectivity index (χ3n) is 4.03. The van der Waals surface area contributed by atoms with Gasteiger partial charge in [0.15, 0.2) is 0 Å². The summed E-state index contributed by atoms with van der Waals surface area (Å²) in [5.74, 6) is 0. The summed E-state index contributed by atoms with van der Waals surface area (Å²) in [4.78, 5) is 2.56. The maximum atomic E-state index is 5.65. The Kier molecular flexibility index (Phi) is 6.02. The van der Waals surface area contributed by atoms with Crippen molar-refractivity contribution >= 4 is 0 Å². The van der Waals surface area contributed by atoms with Crippen LogP contribution in [0.5, 0.6) is 0 Å². The second kappa shape index (κ2) is 7.77. The molecule has 1 aliphatic heterocycles. The molecule has 20 heavy (non-hydrogen) atoms. The second-order valence-electron chi connectivity index (χ2n) is 5.83. The normalized spacial score (nSPS) is 20.2. The van der Waals surface area contributed by atoms with Gasteiger partial charge in [0.25, 0.3) is 0 Å². The largest absolute Gasteiger partial charge is 0.378 e. The van der Waals surface area contributed by atoms with Crippen LogP contribution in [0.4, 0.5) is 0 Å². The number of hydrogen-bond acceptors (Lipinski definition) is 3. The zero-order valence-corrected chi connectivity index (χ0v) is 13.1. The van der Waals surface area contributed by atoms with Crippen LogP contribution in [0, 0.1) is 13.8 Å². The maximum Gasteiger partial charge on any atom is 0.0635 e. The molecule has 0 saturated carbocycles. The summed E-state index contributed by atoms with van der Waals surface area (Å²) in [6.45, 7) is 12.5. The molecule has 0 aromatic heterocycles. The lowest BCUT2D eigenvalue weighted by molar-refractivity contribution is -0.0109. The number of ether oxygens (including phenoxy) is 1. The third-order valence-corrected chi connectivity index (χ3v) is 4.03. The number of morpholine rings is 1. The molecule has 1 N–H and O–H groups in total. The Morgan fingerprint density at radius 3 is 3.00 bits per heavy atom. The monoisotopic (exact) mass is 276 g/mol. The Labute approximate surface area is 123 Å². The van der Waals surface area contributed by atoms with Gasteiger partial charge in [0.2, 0.25) is 0 Å². The standard InChI is InChI=1S/C17H28N2O/c1-4-7-18-11-17-13-20-9-8-19(17)12-16-10-14(2)5-6-15(16)3/h5-6,10,17-18H,4,7-9,11-13H2,1-3H3. The molecule has 0 aliphatic carbocycles. The van der Waals surface area contributed by atoms with Crippen molar-refractivity contribution in [3.8, 4) is 0 Å². The molecule has 1 aromatic carbocycles. The van der Waals surface area contributed by atoms with Gasteiger partial charge in [0.05, 0.1) is 13.2 Å². The first kappa shape index (κ1) is 15.5. The van der Waals surface area contributed by atoms with Crippen LogP contribution in [-0.2, 0) is 11.3 Å². The Morgan fingerprint density at radius 2 is 2.20 bits per heavy atom. The van der Waals surface area contributed by atoms with Gasteiger partial charge >= 0.3 is 0 Å². The SMILES string of the molecule is CCCNCC1COCCN1Cc1cc(C)ccc1C. The van der Waals surface area contributed by atoms with Gasteiger partial charge in [-0.3, -0.25) is 4.90 Å². The van der Waals surface area contributed by atoms with E-state index in [1.807, 2.05) is 0 Å². The first-order chi connectivity index (χ1) is 9.70. The molecule has 112 valence electrons. The van der Waals surface area contributed by atoms with E-state index >= 15 is 0 Å². The molecule has 3 nitrogen and oxygen atoms in total. The fraction of sp³-hybridized carbons (Fsp3) is 0.647. The number of nitrogens with one attached hydrogen (secondary N) is 1. The number of nitrogens with zero attached hydrogens (tertiary/aromatic N) is 1. The van der Waals surface area contributed by atoms with Crippen LogP contribution >= 0.6 is 0 Å². The van der Waals surface area contributed by atoms with E-state index in [0.29, 0.717) is 6.04 Å². The van der Waals surface area contributed by atoms with Gasteiger partial charge in [0, 0.05) is 25.7 Å². The van der Waals surface area contributed by atoms with Crippen LogP contribution in [-0.4, -0.2) is 43.8 Å². The zero-order chi connectivity index (χ0) is 14.4. The molecule has 1 aliphatic rings. The van der Waals surface area contributed by atoms with Gasteiger partial charge < -0.3 is 10.1 Å². The third kappa shape index (κ3) is 4.30. The molecular weight excluding hydrogens is 248 g/mol. The number of aryl methyl sites for hydroxylation is 2. The minimum Gasteiger partial charge on any atom is -0.378 e. The number of benzene rings is 1. The zero-order valence-electron chi connectivity index (χ0n) is 13.1. The average molecular weight is 276 g/mol. The topological polar surface area (TPSA) is 24.5 Å². The van der Waals surface area contributed by atoms with Crippen LogP contribution in [0.25, 0.3) is 0 Å². The summed E-state index contributed by atoms with van der Waals surface area (Å²) in [7, 11) is 0. The van der Waals surface area contributed by atoms with Gasteiger partial charge in [-0.2, -0.15) is 0 Å². The lowest BCUT2D eigenvalue weighted by Gasteiger charge is -2.36. The minimum absolute atomic E-state index is 0.496. The Hall–Kier alpha value is -0.900. The lowest BCUT2D eigenvalue weighted by Crippen LogP contribution is -2.50. The van der Waals surface area contributed by atoms with E-state index in [1.165, 1.54) is 23.1 Å². The highest BCUT2D eigenvalue weighted by Crippen LogP contribution is 2.16. The summed E-state index contributed by atoms with van der Waals surface area (Å²) < 4.78 is 5.65. The predicted molar refractivity (Wildman–Crippen MR) is 84.1 cm³/mol. The number of hydrogen-bond donors (Lipinski definition) is 1. The summed E-state index contributed by atoms with van der Waals surface area (Å²) in [6.07, 6.45) is 1.19. The molecule has 2 rings (SSSR count). The van der Waals surface area contributed by atoms with Gasteiger partial charge in [-0.05, 0) is 37.9 Å². The molecule has 1 saturated heterocycles. The van der Waals surface area contributed by atoms with E-state index in [1.54, 1.807) is 0 Å². The van der Waals surface area contributed by atoms with Crippen molar-refractivity contribution in [2.24, 2.45) is 0 Å². The van der Waals surface area contributed by atoms with Crippen molar-refractivity contribution < 1.29 is 4.74 Å². The van der Waals surface area contributed by atoms with E-state index in [0.717, 1.165) is 39.4 Å². The maximum absolute atomic E-state index is 5.65.